The number of halogens is 3. The summed E-state index contributed by atoms with van der Waals surface area (Å²) in [5.74, 6) is -5.14. The smallest absolute Gasteiger partial charge is 0.272 e. The summed E-state index contributed by atoms with van der Waals surface area (Å²) in [5, 5.41) is 2.95. The second kappa shape index (κ2) is 9.46. The Hall–Kier alpha value is -3.62. The van der Waals surface area contributed by atoms with Gasteiger partial charge in [-0.1, -0.05) is 13.0 Å². The van der Waals surface area contributed by atoms with E-state index in [1.165, 1.54) is 4.90 Å². The number of carbonyl (C=O) groups is 2. The maximum Gasteiger partial charge on any atom is 0.272 e. The van der Waals surface area contributed by atoms with Crippen LogP contribution in [0, 0.1) is 17.5 Å². The molecule has 31 heavy (non-hydrogen) atoms. The minimum atomic E-state index is -1.68. The highest BCUT2D eigenvalue weighted by Crippen LogP contribution is 2.21. The van der Waals surface area contributed by atoms with Gasteiger partial charge in [-0.2, -0.15) is 0 Å². The highest BCUT2D eigenvalue weighted by molar-refractivity contribution is 5.99. The van der Waals surface area contributed by atoms with E-state index in [1.807, 2.05) is 6.92 Å². The number of nitrogens with one attached hydrogen (secondary N) is 1. The summed E-state index contributed by atoms with van der Waals surface area (Å²) in [7, 11) is 1.55. The molecule has 2 amide bonds. The third kappa shape index (κ3) is 4.93. The van der Waals surface area contributed by atoms with Crippen molar-refractivity contribution in [1.29, 1.82) is 0 Å². The maximum absolute atomic E-state index is 13.8. The average Bonchev–Trinajstić information content (AvgIpc) is 2.78. The minimum Gasteiger partial charge on any atom is -0.497 e. The fourth-order valence-electron chi connectivity index (χ4n) is 3.02. The van der Waals surface area contributed by atoms with Gasteiger partial charge in [0.25, 0.3) is 5.91 Å². The first kappa shape index (κ1) is 22.1. The predicted octanol–water partition coefficient (Wildman–Crippen LogP) is 4.15. The minimum absolute atomic E-state index is 0.137. The van der Waals surface area contributed by atoms with Gasteiger partial charge in [0.2, 0.25) is 5.91 Å². The molecule has 162 valence electrons. The molecule has 0 unspecified atom stereocenters. The van der Waals surface area contributed by atoms with Crippen molar-refractivity contribution in [1.82, 2.24) is 9.88 Å². The van der Waals surface area contributed by atoms with Crippen LogP contribution in [0.1, 0.15) is 23.8 Å². The Kier molecular flexibility index (Phi) is 6.74. The molecular formula is C22H20F3N3O3. The molecule has 6 nitrogen and oxygen atoms in total. The first-order chi connectivity index (χ1) is 14.8. The number of pyridine rings is 1. The normalized spacial score (nSPS) is 10.7. The number of carbonyl (C=O) groups excluding carboxylic acids is 2. The van der Waals surface area contributed by atoms with Gasteiger partial charge in [0, 0.05) is 11.9 Å². The Morgan fingerprint density at radius 1 is 1.06 bits per heavy atom. The van der Waals surface area contributed by atoms with Gasteiger partial charge in [0.1, 0.15) is 18.0 Å². The van der Waals surface area contributed by atoms with Crippen molar-refractivity contribution in [3.63, 3.8) is 0 Å². The number of aromatic nitrogens is 1. The van der Waals surface area contributed by atoms with E-state index < -0.39 is 41.5 Å². The van der Waals surface area contributed by atoms with E-state index in [2.05, 4.69) is 10.3 Å². The lowest BCUT2D eigenvalue weighted by Crippen LogP contribution is -2.39. The Bertz CT molecular complexity index is 1140. The predicted molar refractivity (Wildman–Crippen MR) is 109 cm³/mol. The molecule has 0 aliphatic rings. The zero-order chi connectivity index (χ0) is 22.5. The number of benzene rings is 2. The first-order valence-electron chi connectivity index (χ1n) is 9.51. The molecule has 3 rings (SSSR count). The largest absolute Gasteiger partial charge is 0.497 e. The van der Waals surface area contributed by atoms with Crippen LogP contribution in [0.2, 0.25) is 0 Å². The molecule has 0 atom stereocenters. The second-order valence-electron chi connectivity index (χ2n) is 6.75. The van der Waals surface area contributed by atoms with Gasteiger partial charge in [-0.05, 0) is 42.8 Å². The van der Waals surface area contributed by atoms with Gasteiger partial charge in [-0.3, -0.25) is 9.59 Å². The molecule has 1 aromatic heterocycles. The number of hydrogen-bond donors (Lipinski definition) is 1. The van der Waals surface area contributed by atoms with Crippen LogP contribution in [0.15, 0.2) is 42.5 Å². The SMILES string of the molecule is CCCN(CC(=O)Nc1ccc(F)c(F)c1F)C(=O)c1ccc2cc(OC)ccc2n1. The number of nitrogens with zero attached hydrogens (tertiary/aromatic N) is 2. The van der Waals surface area contributed by atoms with Crippen LogP contribution in [0.4, 0.5) is 18.9 Å². The van der Waals surface area contributed by atoms with Gasteiger partial charge in [-0.25, -0.2) is 18.2 Å². The summed E-state index contributed by atoms with van der Waals surface area (Å²) < 4.78 is 45.4. The third-order valence-corrected chi connectivity index (χ3v) is 4.54. The lowest BCUT2D eigenvalue weighted by atomic mass is 10.2. The van der Waals surface area contributed by atoms with Crippen molar-refractivity contribution < 1.29 is 27.5 Å². The Morgan fingerprint density at radius 2 is 1.84 bits per heavy atom. The van der Waals surface area contributed by atoms with Crippen LogP contribution in [0.3, 0.4) is 0 Å². The number of methoxy groups -OCH3 is 1. The number of rotatable bonds is 7. The monoisotopic (exact) mass is 431 g/mol. The zero-order valence-electron chi connectivity index (χ0n) is 16.9. The van der Waals surface area contributed by atoms with Crippen molar-refractivity contribution in [2.75, 3.05) is 25.5 Å². The molecule has 0 spiro atoms. The Labute approximate surface area is 176 Å². The molecule has 0 radical (unpaired) electrons. The van der Waals surface area contributed by atoms with E-state index in [-0.39, 0.29) is 12.2 Å². The topological polar surface area (TPSA) is 71.5 Å². The van der Waals surface area contributed by atoms with Gasteiger partial charge in [0.05, 0.1) is 18.3 Å². The van der Waals surface area contributed by atoms with Crippen molar-refractivity contribution in [3.05, 3.63) is 65.6 Å². The molecule has 1 heterocycles. The molecule has 2 aromatic carbocycles. The Balaban J connectivity index is 1.78. The quantitative estimate of drug-likeness (QED) is 0.571. The van der Waals surface area contributed by atoms with E-state index in [1.54, 1.807) is 37.4 Å². The number of anilines is 1. The summed E-state index contributed by atoms with van der Waals surface area (Å²) in [5.41, 5.74) is 0.208. The van der Waals surface area contributed by atoms with Crippen molar-refractivity contribution in [2.45, 2.75) is 13.3 Å². The van der Waals surface area contributed by atoms with Crippen molar-refractivity contribution in [3.8, 4) is 5.75 Å². The molecule has 0 bridgehead atoms. The zero-order valence-corrected chi connectivity index (χ0v) is 16.9. The average molecular weight is 431 g/mol. The van der Waals surface area contributed by atoms with E-state index in [4.69, 9.17) is 4.74 Å². The third-order valence-electron chi connectivity index (χ3n) is 4.54. The summed E-state index contributed by atoms with van der Waals surface area (Å²) in [4.78, 5) is 30.9. The summed E-state index contributed by atoms with van der Waals surface area (Å²) in [6, 6.07) is 10.1. The van der Waals surface area contributed by atoms with Crippen LogP contribution >= 0.6 is 0 Å². The van der Waals surface area contributed by atoms with E-state index >= 15 is 0 Å². The van der Waals surface area contributed by atoms with Crippen LogP contribution in [0.25, 0.3) is 10.9 Å². The van der Waals surface area contributed by atoms with Crippen LogP contribution in [-0.2, 0) is 4.79 Å². The number of fused-ring (bicyclic) bond motifs is 1. The van der Waals surface area contributed by atoms with Crippen LogP contribution in [-0.4, -0.2) is 41.9 Å². The van der Waals surface area contributed by atoms with E-state index in [9.17, 15) is 22.8 Å². The van der Waals surface area contributed by atoms with E-state index in [0.29, 0.717) is 23.8 Å². The number of hydrogen-bond acceptors (Lipinski definition) is 4. The number of amides is 2. The number of ether oxygens (including phenoxy) is 1. The first-order valence-corrected chi connectivity index (χ1v) is 9.51. The maximum atomic E-state index is 13.8. The fourth-order valence-corrected chi connectivity index (χ4v) is 3.02. The molecule has 0 aliphatic heterocycles. The lowest BCUT2D eigenvalue weighted by Gasteiger charge is -2.21. The molecule has 1 N–H and O–H groups in total. The molecule has 0 fully saturated rings. The summed E-state index contributed by atoms with van der Waals surface area (Å²) in [6.07, 6.45) is 0.559. The molecular weight excluding hydrogens is 411 g/mol. The lowest BCUT2D eigenvalue weighted by molar-refractivity contribution is -0.116. The van der Waals surface area contributed by atoms with Crippen LogP contribution in [0.5, 0.6) is 5.75 Å². The van der Waals surface area contributed by atoms with Gasteiger partial charge in [0.15, 0.2) is 17.5 Å². The second-order valence-corrected chi connectivity index (χ2v) is 6.75. The fraction of sp³-hybridized carbons (Fsp3) is 0.227. The van der Waals surface area contributed by atoms with Gasteiger partial charge in [-0.15, -0.1) is 0 Å². The molecule has 0 saturated heterocycles. The highest BCUT2D eigenvalue weighted by atomic mass is 19.2. The summed E-state index contributed by atoms with van der Waals surface area (Å²) >= 11 is 0. The van der Waals surface area contributed by atoms with Gasteiger partial charge >= 0.3 is 0 Å². The van der Waals surface area contributed by atoms with Crippen molar-refractivity contribution in [2.24, 2.45) is 0 Å². The molecule has 0 saturated carbocycles. The van der Waals surface area contributed by atoms with E-state index in [0.717, 1.165) is 11.5 Å². The van der Waals surface area contributed by atoms with Gasteiger partial charge < -0.3 is 15.0 Å². The standard InChI is InChI=1S/C22H20F3N3O3/c1-3-10-28(12-19(29)27-17-9-6-15(23)20(24)21(17)25)22(30)18-7-4-13-11-14(31-2)5-8-16(13)26-18/h4-9,11H,3,10,12H2,1-2H3,(H,27,29). The molecule has 0 aliphatic carbocycles. The molecule has 9 heteroatoms. The summed E-state index contributed by atoms with van der Waals surface area (Å²) in [6.45, 7) is 1.66. The Morgan fingerprint density at radius 3 is 2.55 bits per heavy atom. The highest BCUT2D eigenvalue weighted by Gasteiger charge is 2.21. The van der Waals surface area contributed by atoms with Crippen LogP contribution < -0.4 is 10.1 Å². The van der Waals surface area contributed by atoms with Crippen molar-refractivity contribution >= 4 is 28.4 Å². The molecule has 3 aromatic rings.